The van der Waals surface area contributed by atoms with E-state index >= 15 is 0 Å². The van der Waals surface area contributed by atoms with Gasteiger partial charge in [-0.2, -0.15) is 0 Å². The van der Waals surface area contributed by atoms with Gasteiger partial charge in [-0.15, -0.1) is 0 Å². The predicted molar refractivity (Wildman–Crippen MR) is 107 cm³/mol. The largest absolute Gasteiger partial charge is 0.445 e. The number of aromatic nitrogens is 1. The number of amides is 1. The molecular formula is C20H24BrN3O3. The summed E-state index contributed by atoms with van der Waals surface area (Å²) in [6, 6.07) is 10.0. The van der Waals surface area contributed by atoms with Crippen LogP contribution in [0.15, 0.2) is 41.0 Å². The smallest absolute Gasteiger partial charge is 0.410 e. The Morgan fingerprint density at radius 2 is 1.96 bits per heavy atom. The molecule has 1 unspecified atom stereocenters. The number of nitrogens with one attached hydrogen (secondary N) is 1. The van der Waals surface area contributed by atoms with E-state index in [9.17, 15) is 4.79 Å². The van der Waals surface area contributed by atoms with Crippen LogP contribution in [-0.2, 0) is 16.1 Å². The Bertz CT molecular complexity index is 777. The van der Waals surface area contributed by atoms with E-state index in [4.69, 9.17) is 9.47 Å². The summed E-state index contributed by atoms with van der Waals surface area (Å²) in [7, 11) is 1.67. The van der Waals surface area contributed by atoms with Gasteiger partial charge < -0.3 is 19.7 Å². The molecule has 1 aromatic heterocycles. The second-order valence-electron chi connectivity index (χ2n) is 6.46. The molecule has 0 saturated carbocycles. The Morgan fingerprint density at radius 3 is 2.59 bits per heavy atom. The summed E-state index contributed by atoms with van der Waals surface area (Å²) >= 11 is 3.57. The molecule has 1 saturated heterocycles. The maximum Gasteiger partial charge on any atom is 0.410 e. The van der Waals surface area contributed by atoms with Crippen molar-refractivity contribution in [3.05, 3.63) is 52.3 Å². The molecule has 1 amide bonds. The average molecular weight is 434 g/mol. The molecule has 0 bridgehead atoms. The zero-order valence-electron chi connectivity index (χ0n) is 15.6. The number of carbonyl (C=O) groups excluding carboxylic acids is 1. The van der Waals surface area contributed by atoms with E-state index in [0.29, 0.717) is 13.1 Å². The molecule has 2 heterocycles. The number of benzene rings is 1. The van der Waals surface area contributed by atoms with Gasteiger partial charge in [0.2, 0.25) is 0 Å². The van der Waals surface area contributed by atoms with Crippen LogP contribution < -0.4 is 5.32 Å². The molecule has 144 valence electrons. The standard InChI is InChI=1S/C20H24BrN3O3/c1-14(26-2)19-18(21)11-17(12-23-19)16-5-3-15(4-6-16)13-27-20(25)24-9-7-22-8-10-24/h3-6,11-12,14,22H,7-10,13H2,1-2H3. The molecule has 3 rings (SSSR count). The minimum absolute atomic E-state index is 0.0684. The highest BCUT2D eigenvalue weighted by Gasteiger charge is 2.17. The number of piperazine rings is 1. The fourth-order valence-electron chi connectivity index (χ4n) is 2.89. The van der Waals surface area contributed by atoms with Crippen molar-refractivity contribution in [1.82, 2.24) is 15.2 Å². The van der Waals surface area contributed by atoms with Gasteiger partial charge in [-0.3, -0.25) is 4.98 Å². The molecule has 0 aliphatic carbocycles. The number of methoxy groups -OCH3 is 1. The number of halogens is 1. The minimum Gasteiger partial charge on any atom is -0.445 e. The van der Waals surface area contributed by atoms with E-state index in [1.807, 2.05) is 43.5 Å². The summed E-state index contributed by atoms with van der Waals surface area (Å²) in [6.45, 7) is 5.25. The molecule has 0 spiro atoms. The van der Waals surface area contributed by atoms with Gasteiger partial charge in [-0.1, -0.05) is 24.3 Å². The van der Waals surface area contributed by atoms with Crippen LogP contribution in [0.1, 0.15) is 24.3 Å². The van der Waals surface area contributed by atoms with Crippen LogP contribution in [0, 0.1) is 0 Å². The highest BCUT2D eigenvalue weighted by molar-refractivity contribution is 9.10. The highest BCUT2D eigenvalue weighted by Crippen LogP contribution is 2.28. The molecule has 2 aromatic rings. The predicted octanol–water partition coefficient (Wildman–Crippen LogP) is 3.76. The topological polar surface area (TPSA) is 63.7 Å². The lowest BCUT2D eigenvalue weighted by atomic mass is 10.1. The number of ether oxygens (including phenoxy) is 2. The minimum atomic E-state index is -0.253. The van der Waals surface area contributed by atoms with Gasteiger partial charge in [-0.25, -0.2) is 4.79 Å². The highest BCUT2D eigenvalue weighted by atomic mass is 79.9. The Morgan fingerprint density at radius 1 is 1.26 bits per heavy atom. The third kappa shape index (κ3) is 5.06. The van der Waals surface area contributed by atoms with Gasteiger partial charge in [-0.05, 0) is 40.0 Å². The number of pyridine rings is 1. The van der Waals surface area contributed by atoms with Crippen LogP contribution in [0.25, 0.3) is 11.1 Å². The molecule has 1 fully saturated rings. The van der Waals surface area contributed by atoms with Crippen molar-refractivity contribution in [3.63, 3.8) is 0 Å². The van der Waals surface area contributed by atoms with E-state index in [1.54, 1.807) is 12.0 Å². The van der Waals surface area contributed by atoms with Crippen LogP contribution >= 0.6 is 15.9 Å². The summed E-state index contributed by atoms with van der Waals surface area (Å²) in [5.41, 5.74) is 3.90. The molecule has 27 heavy (non-hydrogen) atoms. The van der Waals surface area contributed by atoms with E-state index in [0.717, 1.165) is 39.9 Å². The number of rotatable bonds is 5. The van der Waals surface area contributed by atoms with Crippen molar-refractivity contribution < 1.29 is 14.3 Å². The molecule has 7 heteroatoms. The first-order chi connectivity index (χ1) is 13.1. The third-order valence-electron chi connectivity index (χ3n) is 4.63. The lowest BCUT2D eigenvalue weighted by Crippen LogP contribution is -2.46. The molecule has 0 radical (unpaired) electrons. The summed E-state index contributed by atoms with van der Waals surface area (Å²) in [5, 5.41) is 3.22. The summed E-state index contributed by atoms with van der Waals surface area (Å²) in [5.74, 6) is 0. The number of carbonyl (C=O) groups is 1. The van der Waals surface area contributed by atoms with Crippen molar-refractivity contribution in [3.8, 4) is 11.1 Å². The summed E-state index contributed by atoms with van der Waals surface area (Å²) < 4.78 is 11.7. The lowest BCUT2D eigenvalue weighted by molar-refractivity contribution is 0.0918. The van der Waals surface area contributed by atoms with Crippen molar-refractivity contribution in [1.29, 1.82) is 0 Å². The van der Waals surface area contributed by atoms with Crippen LogP contribution in [0.3, 0.4) is 0 Å². The van der Waals surface area contributed by atoms with Crippen LogP contribution in [0.4, 0.5) is 4.79 Å². The van der Waals surface area contributed by atoms with E-state index in [-0.39, 0.29) is 18.8 Å². The Hall–Kier alpha value is -1.96. The lowest BCUT2D eigenvalue weighted by Gasteiger charge is -2.26. The summed E-state index contributed by atoms with van der Waals surface area (Å²) in [4.78, 5) is 18.3. The Labute approximate surface area is 168 Å². The molecule has 1 atom stereocenters. The Kier molecular flexibility index (Phi) is 6.82. The van der Waals surface area contributed by atoms with Crippen LogP contribution in [0.2, 0.25) is 0 Å². The van der Waals surface area contributed by atoms with Gasteiger partial charge >= 0.3 is 6.09 Å². The zero-order chi connectivity index (χ0) is 19.2. The van der Waals surface area contributed by atoms with Gasteiger partial charge in [0.15, 0.2) is 0 Å². The van der Waals surface area contributed by atoms with Crippen molar-refractivity contribution in [2.24, 2.45) is 0 Å². The molecule has 1 aliphatic heterocycles. The Balaban J connectivity index is 1.61. The first-order valence-corrected chi connectivity index (χ1v) is 9.77. The molecule has 1 N–H and O–H groups in total. The van der Waals surface area contributed by atoms with Gasteiger partial charge in [0.1, 0.15) is 6.61 Å². The molecular weight excluding hydrogens is 410 g/mol. The zero-order valence-corrected chi connectivity index (χ0v) is 17.2. The fraction of sp³-hybridized carbons (Fsp3) is 0.400. The quantitative estimate of drug-likeness (QED) is 0.777. The van der Waals surface area contributed by atoms with E-state index < -0.39 is 0 Å². The first kappa shape index (κ1) is 19.8. The monoisotopic (exact) mass is 433 g/mol. The van der Waals surface area contributed by atoms with E-state index in [1.165, 1.54) is 0 Å². The number of nitrogens with zero attached hydrogens (tertiary/aromatic N) is 2. The van der Waals surface area contributed by atoms with Gasteiger partial charge in [0.05, 0.1) is 11.8 Å². The molecule has 6 nitrogen and oxygen atoms in total. The first-order valence-electron chi connectivity index (χ1n) is 8.98. The second kappa shape index (κ2) is 9.30. The maximum absolute atomic E-state index is 12.1. The summed E-state index contributed by atoms with van der Waals surface area (Å²) in [6.07, 6.45) is 1.52. The molecule has 1 aromatic carbocycles. The van der Waals surface area contributed by atoms with E-state index in [2.05, 4.69) is 26.2 Å². The van der Waals surface area contributed by atoms with Crippen LogP contribution in [-0.4, -0.2) is 49.3 Å². The third-order valence-corrected chi connectivity index (χ3v) is 5.27. The second-order valence-corrected chi connectivity index (χ2v) is 7.31. The van der Waals surface area contributed by atoms with Crippen molar-refractivity contribution in [2.45, 2.75) is 19.6 Å². The number of hydrogen-bond donors (Lipinski definition) is 1. The number of hydrogen-bond acceptors (Lipinski definition) is 5. The fourth-order valence-corrected chi connectivity index (χ4v) is 3.57. The van der Waals surface area contributed by atoms with Crippen molar-refractivity contribution >= 4 is 22.0 Å². The van der Waals surface area contributed by atoms with Gasteiger partial charge in [0, 0.05) is 49.5 Å². The average Bonchev–Trinajstić information content (AvgIpc) is 2.72. The van der Waals surface area contributed by atoms with Gasteiger partial charge in [0.25, 0.3) is 0 Å². The maximum atomic E-state index is 12.1. The van der Waals surface area contributed by atoms with Crippen molar-refractivity contribution in [2.75, 3.05) is 33.3 Å². The van der Waals surface area contributed by atoms with Crippen LogP contribution in [0.5, 0.6) is 0 Å². The molecule has 1 aliphatic rings. The SMILES string of the molecule is COC(C)c1ncc(-c2ccc(COC(=O)N3CCNCC3)cc2)cc1Br. The normalized spacial score (nSPS) is 15.4.